The van der Waals surface area contributed by atoms with Gasteiger partial charge in [-0.25, -0.2) is 9.18 Å². The Balaban J connectivity index is 1.94. The monoisotopic (exact) mass is 286 g/mol. The number of para-hydroxylation sites is 1. The molecule has 0 saturated carbocycles. The van der Waals surface area contributed by atoms with E-state index in [9.17, 15) is 9.18 Å². The molecular weight excluding hydrogens is 271 g/mol. The van der Waals surface area contributed by atoms with E-state index < -0.39 is 11.8 Å². The topological polar surface area (TPSA) is 91.0 Å². The number of hydrogen-bond acceptors (Lipinski definition) is 2. The van der Waals surface area contributed by atoms with Gasteiger partial charge in [-0.1, -0.05) is 30.3 Å². The molecule has 0 aromatic heterocycles. The summed E-state index contributed by atoms with van der Waals surface area (Å²) in [6, 6.07) is 12.7. The number of nitrogens with two attached hydrogens (primary N) is 1. The standard InChI is InChI=1S/C15H15FN4O/c16-13-8-10(14(17)18)6-7-11(13)9-19-15(21)20-12-4-2-1-3-5-12/h1-8H,9H2,(H3,17,18)(H2,19,20,21). The summed E-state index contributed by atoms with van der Waals surface area (Å²) >= 11 is 0. The predicted molar refractivity (Wildman–Crippen MR) is 79.7 cm³/mol. The van der Waals surface area contributed by atoms with Gasteiger partial charge in [0.05, 0.1) is 0 Å². The third kappa shape index (κ3) is 4.04. The van der Waals surface area contributed by atoms with Crippen LogP contribution in [0.3, 0.4) is 0 Å². The highest BCUT2D eigenvalue weighted by atomic mass is 19.1. The molecule has 5 N–H and O–H groups in total. The Morgan fingerprint density at radius 1 is 1.19 bits per heavy atom. The van der Waals surface area contributed by atoms with Crippen molar-refractivity contribution in [3.63, 3.8) is 0 Å². The molecule has 2 aromatic carbocycles. The van der Waals surface area contributed by atoms with Gasteiger partial charge in [-0.3, -0.25) is 5.41 Å². The van der Waals surface area contributed by atoms with Gasteiger partial charge >= 0.3 is 6.03 Å². The second-order valence-corrected chi connectivity index (χ2v) is 4.39. The van der Waals surface area contributed by atoms with E-state index in [2.05, 4.69) is 10.6 Å². The molecule has 0 aliphatic rings. The van der Waals surface area contributed by atoms with E-state index in [0.29, 0.717) is 16.8 Å². The summed E-state index contributed by atoms with van der Waals surface area (Å²) in [5.41, 5.74) is 6.57. The Kier molecular flexibility index (Phi) is 4.50. The van der Waals surface area contributed by atoms with E-state index in [1.54, 1.807) is 24.3 Å². The number of benzene rings is 2. The normalized spacial score (nSPS) is 9.95. The van der Waals surface area contributed by atoms with Gasteiger partial charge in [-0.05, 0) is 18.2 Å². The number of nitrogens with one attached hydrogen (secondary N) is 3. The molecule has 5 nitrogen and oxygen atoms in total. The van der Waals surface area contributed by atoms with E-state index in [4.69, 9.17) is 11.1 Å². The van der Waals surface area contributed by atoms with Crippen molar-refractivity contribution in [2.75, 3.05) is 5.32 Å². The first-order chi connectivity index (χ1) is 10.1. The molecule has 0 heterocycles. The number of carbonyl (C=O) groups is 1. The molecule has 0 fully saturated rings. The first-order valence-corrected chi connectivity index (χ1v) is 6.29. The number of rotatable bonds is 4. The molecule has 0 aliphatic heterocycles. The molecule has 0 saturated heterocycles. The maximum absolute atomic E-state index is 13.8. The highest BCUT2D eigenvalue weighted by Crippen LogP contribution is 2.10. The van der Waals surface area contributed by atoms with E-state index in [1.165, 1.54) is 18.2 Å². The molecule has 0 unspecified atom stereocenters. The quantitative estimate of drug-likeness (QED) is 0.513. The second-order valence-electron chi connectivity index (χ2n) is 4.39. The zero-order valence-electron chi connectivity index (χ0n) is 11.2. The van der Waals surface area contributed by atoms with Crippen molar-refractivity contribution >= 4 is 17.6 Å². The summed E-state index contributed by atoms with van der Waals surface area (Å²) in [7, 11) is 0. The van der Waals surface area contributed by atoms with E-state index in [-0.39, 0.29) is 12.4 Å². The number of amidine groups is 1. The molecule has 2 rings (SSSR count). The summed E-state index contributed by atoms with van der Waals surface area (Å²) in [4.78, 5) is 11.7. The Morgan fingerprint density at radius 2 is 1.90 bits per heavy atom. The maximum atomic E-state index is 13.8. The lowest BCUT2D eigenvalue weighted by Gasteiger charge is -2.09. The first kappa shape index (κ1) is 14.5. The largest absolute Gasteiger partial charge is 0.384 e. The van der Waals surface area contributed by atoms with Crippen LogP contribution in [0.2, 0.25) is 0 Å². The number of urea groups is 1. The van der Waals surface area contributed by atoms with Crippen LogP contribution in [-0.2, 0) is 6.54 Å². The van der Waals surface area contributed by atoms with Crippen molar-refractivity contribution in [3.8, 4) is 0 Å². The number of nitrogen functional groups attached to an aromatic ring is 1. The molecule has 0 bridgehead atoms. The summed E-state index contributed by atoms with van der Waals surface area (Å²) in [5.74, 6) is -0.710. The van der Waals surface area contributed by atoms with Gasteiger partial charge in [-0.2, -0.15) is 0 Å². The Hall–Kier alpha value is -2.89. The van der Waals surface area contributed by atoms with Gasteiger partial charge in [0.2, 0.25) is 0 Å². The molecule has 108 valence electrons. The number of hydrogen-bond donors (Lipinski definition) is 4. The molecule has 0 radical (unpaired) electrons. The number of anilines is 1. The van der Waals surface area contributed by atoms with Gasteiger partial charge in [0, 0.05) is 23.4 Å². The van der Waals surface area contributed by atoms with Crippen molar-refractivity contribution in [3.05, 3.63) is 65.5 Å². The molecule has 21 heavy (non-hydrogen) atoms. The molecule has 2 aromatic rings. The molecule has 0 atom stereocenters. The van der Waals surface area contributed by atoms with E-state index in [0.717, 1.165) is 0 Å². The van der Waals surface area contributed by atoms with Gasteiger partial charge in [0.1, 0.15) is 11.7 Å². The highest BCUT2D eigenvalue weighted by Gasteiger charge is 2.07. The maximum Gasteiger partial charge on any atom is 0.319 e. The molecule has 6 heteroatoms. The van der Waals surface area contributed by atoms with Crippen molar-refractivity contribution in [2.24, 2.45) is 5.73 Å². The van der Waals surface area contributed by atoms with Crippen LogP contribution in [0.1, 0.15) is 11.1 Å². The van der Waals surface area contributed by atoms with Crippen molar-refractivity contribution in [1.82, 2.24) is 5.32 Å². The zero-order valence-corrected chi connectivity index (χ0v) is 11.2. The average Bonchev–Trinajstić information content (AvgIpc) is 2.47. The fourth-order valence-electron chi connectivity index (χ4n) is 1.73. The lowest BCUT2D eigenvalue weighted by atomic mass is 10.1. The second kappa shape index (κ2) is 6.51. The van der Waals surface area contributed by atoms with Gasteiger partial charge in [0.25, 0.3) is 0 Å². The SMILES string of the molecule is N=C(N)c1ccc(CNC(=O)Nc2ccccc2)c(F)c1. The predicted octanol–water partition coefficient (Wildman–Crippen LogP) is 2.43. The lowest BCUT2D eigenvalue weighted by Crippen LogP contribution is -2.28. The van der Waals surface area contributed by atoms with Crippen LogP contribution in [0.15, 0.2) is 48.5 Å². The minimum Gasteiger partial charge on any atom is -0.384 e. The van der Waals surface area contributed by atoms with E-state index in [1.807, 2.05) is 6.07 Å². The first-order valence-electron chi connectivity index (χ1n) is 6.29. The van der Waals surface area contributed by atoms with Crippen LogP contribution in [0.4, 0.5) is 14.9 Å². The molecule has 0 spiro atoms. The van der Waals surface area contributed by atoms with Gasteiger partial charge in [0.15, 0.2) is 0 Å². The van der Waals surface area contributed by atoms with Crippen LogP contribution in [0, 0.1) is 11.2 Å². The summed E-state index contributed by atoms with van der Waals surface area (Å²) in [5, 5.41) is 12.4. The molecular formula is C15H15FN4O. The fraction of sp³-hybridized carbons (Fsp3) is 0.0667. The Labute approximate surface area is 121 Å². The summed E-state index contributed by atoms with van der Waals surface area (Å²) in [6.07, 6.45) is 0. The lowest BCUT2D eigenvalue weighted by molar-refractivity contribution is 0.251. The van der Waals surface area contributed by atoms with Crippen molar-refractivity contribution in [2.45, 2.75) is 6.54 Å². The van der Waals surface area contributed by atoms with E-state index >= 15 is 0 Å². The average molecular weight is 286 g/mol. The highest BCUT2D eigenvalue weighted by molar-refractivity contribution is 5.95. The molecule has 0 aliphatic carbocycles. The van der Waals surface area contributed by atoms with Crippen molar-refractivity contribution < 1.29 is 9.18 Å². The fourth-order valence-corrected chi connectivity index (χ4v) is 1.73. The number of halogens is 1. The third-order valence-electron chi connectivity index (χ3n) is 2.84. The van der Waals surface area contributed by atoms with Crippen LogP contribution >= 0.6 is 0 Å². The van der Waals surface area contributed by atoms with Crippen LogP contribution < -0.4 is 16.4 Å². The van der Waals surface area contributed by atoms with Crippen LogP contribution in [0.25, 0.3) is 0 Å². The number of amides is 2. The summed E-state index contributed by atoms with van der Waals surface area (Å²) < 4.78 is 13.8. The minimum atomic E-state index is -0.511. The third-order valence-corrected chi connectivity index (χ3v) is 2.84. The number of carbonyl (C=O) groups excluding carboxylic acids is 1. The van der Waals surface area contributed by atoms with Crippen LogP contribution in [-0.4, -0.2) is 11.9 Å². The van der Waals surface area contributed by atoms with Crippen molar-refractivity contribution in [1.29, 1.82) is 5.41 Å². The molecule has 2 amide bonds. The van der Waals surface area contributed by atoms with Gasteiger partial charge < -0.3 is 16.4 Å². The van der Waals surface area contributed by atoms with Crippen LogP contribution in [0.5, 0.6) is 0 Å². The zero-order chi connectivity index (χ0) is 15.2. The summed E-state index contributed by atoms with van der Waals surface area (Å²) in [6.45, 7) is 0.0443. The minimum absolute atomic E-state index is 0.0443. The Morgan fingerprint density at radius 3 is 2.52 bits per heavy atom. The van der Waals surface area contributed by atoms with Gasteiger partial charge in [-0.15, -0.1) is 0 Å². The smallest absolute Gasteiger partial charge is 0.319 e. The Bertz CT molecular complexity index is 658.